The van der Waals surface area contributed by atoms with Gasteiger partial charge >= 0.3 is 11.8 Å². The van der Waals surface area contributed by atoms with Crippen LogP contribution in [0.25, 0.3) is 0 Å². The van der Waals surface area contributed by atoms with Gasteiger partial charge in [-0.15, -0.1) is 0 Å². The lowest BCUT2D eigenvalue weighted by molar-refractivity contribution is -0.146. The van der Waals surface area contributed by atoms with Gasteiger partial charge in [-0.3, -0.25) is 9.59 Å². The Balaban J connectivity index is 2.34. The van der Waals surface area contributed by atoms with Crippen molar-refractivity contribution >= 4 is 11.8 Å². The van der Waals surface area contributed by atoms with Crippen molar-refractivity contribution in [2.75, 3.05) is 26.2 Å². The van der Waals surface area contributed by atoms with E-state index in [2.05, 4.69) is 5.32 Å². The quantitative estimate of drug-likeness (QED) is 0.564. The highest BCUT2D eigenvalue weighted by molar-refractivity contribution is 6.35. The highest BCUT2D eigenvalue weighted by Gasteiger charge is 2.22. The van der Waals surface area contributed by atoms with Crippen LogP contribution in [0.2, 0.25) is 0 Å². The lowest BCUT2D eigenvalue weighted by Gasteiger charge is -2.25. The fourth-order valence-electron chi connectivity index (χ4n) is 1.50. The van der Waals surface area contributed by atoms with Crippen LogP contribution >= 0.6 is 0 Å². The minimum absolute atomic E-state index is 0.360. The molecule has 0 saturated carbocycles. The minimum Gasteiger partial charge on any atom is -0.347 e. The number of likely N-dealkylation sites (tertiary alicyclic amines) is 1. The first-order valence-electron chi connectivity index (χ1n) is 5.03. The topological polar surface area (TPSA) is 75.4 Å². The highest BCUT2D eigenvalue weighted by atomic mass is 16.2. The van der Waals surface area contributed by atoms with Crippen LogP contribution in [0.5, 0.6) is 0 Å². The van der Waals surface area contributed by atoms with E-state index in [9.17, 15) is 9.59 Å². The third-order valence-electron chi connectivity index (χ3n) is 2.27. The summed E-state index contributed by atoms with van der Waals surface area (Å²) in [5, 5.41) is 2.47. The summed E-state index contributed by atoms with van der Waals surface area (Å²) in [6, 6.07) is 0. The van der Waals surface area contributed by atoms with Gasteiger partial charge in [0.15, 0.2) is 0 Å². The molecule has 2 amide bonds. The van der Waals surface area contributed by atoms with Crippen LogP contribution in [0.3, 0.4) is 0 Å². The van der Waals surface area contributed by atoms with Gasteiger partial charge in [-0.05, 0) is 19.3 Å². The van der Waals surface area contributed by atoms with E-state index < -0.39 is 11.8 Å². The van der Waals surface area contributed by atoms with Gasteiger partial charge in [0.2, 0.25) is 0 Å². The number of nitrogens with one attached hydrogen (secondary N) is 1. The predicted molar refractivity (Wildman–Crippen MR) is 52.5 cm³/mol. The lowest BCUT2D eigenvalue weighted by atomic mass is 10.1. The first kappa shape index (κ1) is 11.0. The molecule has 0 aromatic carbocycles. The Kier molecular flexibility index (Phi) is 4.39. The number of hydrogen-bond donors (Lipinski definition) is 2. The molecule has 5 heteroatoms. The van der Waals surface area contributed by atoms with Gasteiger partial charge in [0.1, 0.15) is 0 Å². The van der Waals surface area contributed by atoms with Crippen LogP contribution in [-0.2, 0) is 9.59 Å². The van der Waals surface area contributed by atoms with Gasteiger partial charge < -0.3 is 16.0 Å². The molecule has 0 aromatic rings. The van der Waals surface area contributed by atoms with Crippen LogP contribution in [0.4, 0.5) is 0 Å². The summed E-state index contributed by atoms with van der Waals surface area (Å²) in [7, 11) is 0. The number of carbonyl (C=O) groups is 2. The SMILES string of the molecule is NCCNC(=O)C(=O)N1CCCCC1. The molecule has 1 rings (SSSR count). The molecule has 1 aliphatic heterocycles. The highest BCUT2D eigenvalue weighted by Crippen LogP contribution is 2.08. The first-order valence-corrected chi connectivity index (χ1v) is 5.03. The van der Waals surface area contributed by atoms with Crippen molar-refractivity contribution in [1.29, 1.82) is 0 Å². The van der Waals surface area contributed by atoms with Gasteiger partial charge in [-0.1, -0.05) is 0 Å². The second-order valence-electron chi connectivity index (χ2n) is 3.40. The molecule has 1 aliphatic rings. The minimum atomic E-state index is -0.530. The maximum Gasteiger partial charge on any atom is 0.311 e. The van der Waals surface area contributed by atoms with Gasteiger partial charge in [0.25, 0.3) is 0 Å². The summed E-state index contributed by atoms with van der Waals surface area (Å²) in [5.74, 6) is -0.949. The Morgan fingerprint density at radius 3 is 2.43 bits per heavy atom. The monoisotopic (exact) mass is 199 g/mol. The van der Waals surface area contributed by atoms with Crippen LogP contribution in [-0.4, -0.2) is 42.9 Å². The molecule has 1 saturated heterocycles. The first-order chi connectivity index (χ1) is 6.75. The summed E-state index contributed by atoms with van der Waals surface area (Å²) in [4.78, 5) is 24.3. The molecule has 0 spiro atoms. The maximum atomic E-state index is 11.5. The van der Waals surface area contributed by atoms with E-state index in [1.54, 1.807) is 4.90 Å². The second-order valence-corrected chi connectivity index (χ2v) is 3.40. The second kappa shape index (κ2) is 5.59. The third-order valence-corrected chi connectivity index (χ3v) is 2.27. The fourth-order valence-corrected chi connectivity index (χ4v) is 1.50. The molecule has 5 nitrogen and oxygen atoms in total. The number of carbonyl (C=O) groups excluding carboxylic acids is 2. The Hall–Kier alpha value is -1.10. The van der Waals surface area contributed by atoms with Crippen molar-refractivity contribution < 1.29 is 9.59 Å². The standard InChI is InChI=1S/C9H17N3O2/c10-4-5-11-8(13)9(14)12-6-2-1-3-7-12/h1-7,10H2,(H,11,13). The molecular weight excluding hydrogens is 182 g/mol. The number of hydrogen-bond acceptors (Lipinski definition) is 3. The summed E-state index contributed by atoms with van der Waals surface area (Å²) >= 11 is 0. The summed E-state index contributed by atoms with van der Waals surface area (Å²) < 4.78 is 0. The van der Waals surface area contributed by atoms with Crippen molar-refractivity contribution in [1.82, 2.24) is 10.2 Å². The van der Waals surface area contributed by atoms with E-state index in [-0.39, 0.29) is 0 Å². The average Bonchev–Trinajstić information content (AvgIpc) is 2.26. The molecule has 80 valence electrons. The molecule has 1 heterocycles. The molecule has 0 aliphatic carbocycles. The van der Waals surface area contributed by atoms with E-state index in [0.717, 1.165) is 19.3 Å². The van der Waals surface area contributed by atoms with Crippen LogP contribution in [0, 0.1) is 0 Å². The van der Waals surface area contributed by atoms with Crippen molar-refractivity contribution in [2.24, 2.45) is 5.73 Å². The Labute approximate surface area is 83.6 Å². The molecule has 0 radical (unpaired) electrons. The predicted octanol–water partition coefficient (Wildman–Crippen LogP) is -0.926. The maximum absolute atomic E-state index is 11.5. The van der Waals surface area contributed by atoms with Crippen LogP contribution in [0.1, 0.15) is 19.3 Å². The summed E-state index contributed by atoms with van der Waals surface area (Å²) in [5.41, 5.74) is 5.22. The van der Waals surface area contributed by atoms with E-state index in [1.165, 1.54) is 0 Å². The van der Waals surface area contributed by atoms with Crippen molar-refractivity contribution in [3.63, 3.8) is 0 Å². The number of rotatable bonds is 2. The molecular formula is C9H17N3O2. The zero-order chi connectivity index (χ0) is 10.4. The average molecular weight is 199 g/mol. The third kappa shape index (κ3) is 2.99. The summed E-state index contributed by atoms with van der Waals surface area (Å²) in [6.07, 6.45) is 3.14. The van der Waals surface area contributed by atoms with E-state index in [0.29, 0.717) is 26.2 Å². The Morgan fingerprint density at radius 1 is 1.21 bits per heavy atom. The lowest BCUT2D eigenvalue weighted by Crippen LogP contribution is -2.46. The zero-order valence-corrected chi connectivity index (χ0v) is 8.29. The number of nitrogens with two attached hydrogens (primary N) is 1. The van der Waals surface area contributed by atoms with E-state index >= 15 is 0 Å². The number of amides is 2. The number of piperidine rings is 1. The van der Waals surface area contributed by atoms with Crippen molar-refractivity contribution in [2.45, 2.75) is 19.3 Å². The van der Waals surface area contributed by atoms with E-state index in [4.69, 9.17) is 5.73 Å². The fraction of sp³-hybridized carbons (Fsp3) is 0.778. The van der Waals surface area contributed by atoms with Crippen molar-refractivity contribution in [3.05, 3.63) is 0 Å². The van der Waals surface area contributed by atoms with Crippen LogP contribution < -0.4 is 11.1 Å². The largest absolute Gasteiger partial charge is 0.347 e. The Morgan fingerprint density at radius 2 is 1.86 bits per heavy atom. The smallest absolute Gasteiger partial charge is 0.311 e. The number of nitrogens with zero attached hydrogens (tertiary/aromatic N) is 1. The molecule has 1 fully saturated rings. The van der Waals surface area contributed by atoms with Crippen LogP contribution in [0.15, 0.2) is 0 Å². The van der Waals surface area contributed by atoms with E-state index in [1.807, 2.05) is 0 Å². The van der Waals surface area contributed by atoms with Gasteiger partial charge in [-0.25, -0.2) is 0 Å². The van der Waals surface area contributed by atoms with Gasteiger partial charge in [-0.2, -0.15) is 0 Å². The molecule has 0 atom stereocenters. The molecule has 0 unspecified atom stereocenters. The molecule has 0 aromatic heterocycles. The van der Waals surface area contributed by atoms with Gasteiger partial charge in [0, 0.05) is 26.2 Å². The summed E-state index contributed by atoms with van der Waals surface area (Å²) in [6.45, 7) is 2.13. The molecule has 14 heavy (non-hydrogen) atoms. The normalized spacial score (nSPS) is 16.5. The molecule has 3 N–H and O–H groups in total. The van der Waals surface area contributed by atoms with Gasteiger partial charge in [0.05, 0.1) is 0 Å². The zero-order valence-electron chi connectivity index (χ0n) is 8.29. The Bertz CT molecular complexity index is 212. The van der Waals surface area contributed by atoms with Crippen molar-refractivity contribution in [3.8, 4) is 0 Å². The molecule has 0 bridgehead atoms.